The summed E-state index contributed by atoms with van der Waals surface area (Å²) in [5.41, 5.74) is 5.82. The molecule has 148 valence electrons. The van der Waals surface area contributed by atoms with E-state index in [-0.39, 0.29) is 18.9 Å². The number of carbonyl (C=O) groups is 4. The number of hydrogen-bond donors (Lipinski definition) is 1. The van der Waals surface area contributed by atoms with Gasteiger partial charge in [0.2, 0.25) is 5.91 Å². The van der Waals surface area contributed by atoms with E-state index >= 15 is 0 Å². The normalized spacial score (nSPS) is 23.2. The van der Waals surface area contributed by atoms with Crippen LogP contribution in [0.1, 0.15) is 56.0 Å². The highest BCUT2D eigenvalue weighted by atomic mass is 16.6. The number of rotatable bonds is 1. The van der Waals surface area contributed by atoms with Gasteiger partial charge >= 0.3 is 6.09 Å². The number of imide groups is 3. The molecular formula is C20H23N3O5. The van der Waals surface area contributed by atoms with Crippen molar-refractivity contribution in [2.45, 2.75) is 58.2 Å². The summed E-state index contributed by atoms with van der Waals surface area (Å²) in [6, 6.07) is 4.29. The lowest BCUT2D eigenvalue weighted by Gasteiger charge is -2.38. The molecule has 0 bridgehead atoms. The number of ether oxygens (including phenoxy) is 1. The molecule has 2 fully saturated rings. The highest BCUT2D eigenvalue weighted by molar-refractivity contribution is 6.16. The van der Waals surface area contributed by atoms with Crippen molar-refractivity contribution in [2.75, 3.05) is 5.73 Å². The summed E-state index contributed by atoms with van der Waals surface area (Å²) in [7, 11) is 0. The van der Waals surface area contributed by atoms with E-state index in [2.05, 4.69) is 0 Å². The van der Waals surface area contributed by atoms with Gasteiger partial charge in [0.25, 0.3) is 11.8 Å². The highest BCUT2D eigenvalue weighted by Gasteiger charge is 2.62. The molecule has 1 aliphatic carbocycles. The summed E-state index contributed by atoms with van der Waals surface area (Å²) in [5.74, 6) is -1.58. The van der Waals surface area contributed by atoms with Crippen LogP contribution in [0.4, 0.5) is 10.5 Å². The second-order valence-electron chi connectivity index (χ2n) is 8.77. The fraction of sp³-hybridized carbons (Fsp3) is 0.500. The quantitative estimate of drug-likeness (QED) is 0.585. The number of hydrogen-bond acceptors (Lipinski definition) is 6. The summed E-state index contributed by atoms with van der Waals surface area (Å²) < 4.78 is 5.28. The topological polar surface area (TPSA) is 110 Å². The first-order valence-electron chi connectivity index (χ1n) is 9.34. The van der Waals surface area contributed by atoms with Crippen LogP contribution in [0, 0.1) is 5.41 Å². The van der Waals surface area contributed by atoms with Crippen LogP contribution in [0.15, 0.2) is 18.2 Å². The van der Waals surface area contributed by atoms with Gasteiger partial charge in [0.05, 0.1) is 11.0 Å². The standard InChI is InChI=1S/C20H23N3O5/c1-19(2,3)28-18(27)23-15(24)13(9-20(7-8-20)17(23)26)22-10-11-5-4-6-12(21)14(11)16(22)25/h4-6,13H,7-10,21H2,1-3H3. The van der Waals surface area contributed by atoms with Crippen LogP contribution in [0.25, 0.3) is 0 Å². The number of likely N-dealkylation sites (tertiary alicyclic amines) is 1. The van der Waals surface area contributed by atoms with Crippen molar-refractivity contribution in [2.24, 2.45) is 5.41 Å². The molecule has 1 aromatic carbocycles. The minimum atomic E-state index is -0.984. The van der Waals surface area contributed by atoms with E-state index in [1.54, 1.807) is 39.0 Å². The molecule has 4 amide bonds. The number of nitrogens with zero attached hydrogens (tertiary/aromatic N) is 2. The number of benzene rings is 1. The monoisotopic (exact) mass is 385 g/mol. The molecule has 0 aromatic heterocycles. The number of piperidine rings is 1. The molecule has 28 heavy (non-hydrogen) atoms. The molecule has 4 rings (SSSR count). The lowest BCUT2D eigenvalue weighted by Crippen LogP contribution is -2.60. The van der Waals surface area contributed by atoms with Crippen LogP contribution in [0.2, 0.25) is 0 Å². The van der Waals surface area contributed by atoms with Crippen molar-refractivity contribution in [1.29, 1.82) is 0 Å². The Morgan fingerprint density at radius 2 is 1.89 bits per heavy atom. The number of nitrogen functional groups attached to an aromatic ring is 1. The second-order valence-corrected chi connectivity index (χ2v) is 8.77. The van der Waals surface area contributed by atoms with E-state index in [1.165, 1.54) is 4.90 Å². The number of anilines is 1. The summed E-state index contributed by atoms with van der Waals surface area (Å²) in [6.45, 7) is 5.22. The van der Waals surface area contributed by atoms with Crippen molar-refractivity contribution in [3.63, 3.8) is 0 Å². The molecule has 2 heterocycles. The molecule has 2 N–H and O–H groups in total. The lowest BCUT2D eigenvalue weighted by molar-refractivity contribution is -0.155. The molecule has 1 saturated heterocycles. The zero-order valence-corrected chi connectivity index (χ0v) is 16.2. The Hall–Kier alpha value is -2.90. The Balaban J connectivity index is 1.66. The Kier molecular flexibility index (Phi) is 3.82. The van der Waals surface area contributed by atoms with Crippen LogP contribution in [-0.2, 0) is 20.9 Å². The third-order valence-electron chi connectivity index (χ3n) is 5.55. The maximum Gasteiger partial charge on any atom is 0.424 e. The molecule has 2 aliphatic heterocycles. The predicted octanol–water partition coefficient (Wildman–Crippen LogP) is 2.07. The van der Waals surface area contributed by atoms with E-state index in [4.69, 9.17) is 10.5 Å². The Bertz CT molecular complexity index is 913. The predicted molar refractivity (Wildman–Crippen MR) is 98.9 cm³/mol. The zero-order chi connectivity index (χ0) is 20.4. The average molecular weight is 385 g/mol. The molecule has 1 atom stereocenters. The minimum Gasteiger partial charge on any atom is -0.443 e. The van der Waals surface area contributed by atoms with Gasteiger partial charge in [-0.2, -0.15) is 4.90 Å². The van der Waals surface area contributed by atoms with Gasteiger partial charge in [0, 0.05) is 12.2 Å². The van der Waals surface area contributed by atoms with Gasteiger partial charge in [-0.15, -0.1) is 0 Å². The molecule has 3 aliphatic rings. The summed E-state index contributed by atoms with van der Waals surface area (Å²) >= 11 is 0. The number of carbonyl (C=O) groups excluding carboxylic acids is 4. The molecular weight excluding hydrogens is 362 g/mol. The van der Waals surface area contributed by atoms with Gasteiger partial charge in [-0.05, 0) is 51.7 Å². The van der Waals surface area contributed by atoms with Crippen LogP contribution in [0.3, 0.4) is 0 Å². The summed E-state index contributed by atoms with van der Waals surface area (Å²) in [6.07, 6.45) is 0.420. The summed E-state index contributed by atoms with van der Waals surface area (Å²) in [4.78, 5) is 53.6. The van der Waals surface area contributed by atoms with Gasteiger partial charge in [-0.1, -0.05) is 12.1 Å². The van der Waals surface area contributed by atoms with Gasteiger partial charge in [-0.3, -0.25) is 14.4 Å². The Labute approximate surface area is 162 Å². The van der Waals surface area contributed by atoms with Crippen molar-refractivity contribution in [1.82, 2.24) is 9.80 Å². The fourth-order valence-electron chi connectivity index (χ4n) is 3.99. The Morgan fingerprint density at radius 3 is 2.46 bits per heavy atom. The third-order valence-corrected chi connectivity index (χ3v) is 5.55. The molecule has 1 spiro atoms. The van der Waals surface area contributed by atoms with Crippen molar-refractivity contribution < 1.29 is 23.9 Å². The first-order valence-corrected chi connectivity index (χ1v) is 9.34. The maximum absolute atomic E-state index is 13.1. The van der Waals surface area contributed by atoms with Crippen molar-refractivity contribution >= 4 is 29.5 Å². The average Bonchev–Trinajstić information content (AvgIpc) is 3.28. The van der Waals surface area contributed by atoms with E-state index in [0.29, 0.717) is 29.0 Å². The highest BCUT2D eigenvalue weighted by Crippen LogP contribution is 2.54. The fourth-order valence-corrected chi connectivity index (χ4v) is 3.99. The smallest absolute Gasteiger partial charge is 0.424 e. The maximum atomic E-state index is 13.1. The number of fused-ring (bicyclic) bond motifs is 1. The van der Waals surface area contributed by atoms with E-state index in [0.717, 1.165) is 5.56 Å². The van der Waals surface area contributed by atoms with Crippen LogP contribution in [0.5, 0.6) is 0 Å². The van der Waals surface area contributed by atoms with E-state index < -0.39 is 35.0 Å². The van der Waals surface area contributed by atoms with Gasteiger partial charge in [0.1, 0.15) is 11.6 Å². The van der Waals surface area contributed by atoms with Crippen molar-refractivity contribution in [3.8, 4) is 0 Å². The van der Waals surface area contributed by atoms with Crippen LogP contribution >= 0.6 is 0 Å². The third kappa shape index (κ3) is 2.75. The van der Waals surface area contributed by atoms with E-state index in [1.807, 2.05) is 0 Å². The molecule has 8 heteroatoms. The first-order chi connectivity index (χ1) is 13.0. The van der Waals surface area contributed by atoms with Crippen LogP contribution < -0.4 is 5.73 Å². The van der Waals surface area contributed by atoms with Crippen molar-refractivity contribution in [3.05, 3.63) is 29.3 Å². The minimum absolute atomic E-state index is 0.224. The lowest BCUT2D eigenvalue weighted by atomic mass is 9.89. The molecule has 0 radical (unpaired) electrons. The number of nitrogens with two attached hydrogens (primary N) is 1. The summed E-state index contributed by atoms with van der Waals surface area (Å²) in [5, 5.41) is 0. The Morgan fingerprint density at radius 1 is 1.21 bits per heavy atom. The first kappa shape index (κ1) is 18.5. The SMILES string of the molecule is CC(C)(C)OC(=O)N1C(=O)C(N2Cc3cccc(N)c3C2=O)CC2(CC2)C1=O. The largest absolute Gasteiger partial charge is 0.443 e. The van der Waals surface area contributed by atoms with Crippen LogP contribution in [-0.4, -0.2) is 45.3 Å². The molecule has 1 unspecified atom stereocenters. The zero-order valence-electron chi connectivity index (χ0n) is 16.2. The molecule has 8 nitrogen and oxygen atoms in total. The molecule has 1 aromatic rings. The van der Waals surface area contributed by atoms with Gasteiger partial charge in [0.15, 0.2) is 0 Å². The number of amides is 4. The van der Waals surface area contributed by atoms with Gasteiger partial charge in [-0.25, -0.2) is 4.79 Å². The second kappa shape index (κ2) is 5.80. The van der Waals surface area contributed by atoms with E-state index in [9.17, 15) is 19.2 Å². The van der Waals surface area contributed by atoms with Gasteiger partial charge < -0.3 is 15.4 Å². The molecule has 1 saturated carbocycles.